The molecule has 2 N–H and O–H groups in total. The number of amides is 1. The Hall–Kier alpha value is -1.59. The summed E-state index contributed by atoms with van der Waals surface area (Å²) in [5, 5.41) is 6.74. The first kappa shape index (κ1) is 20.5. The smallest absolute Gasteiger partial charge is 0.234 e. The summed E-state index contributed by atoms with van der Waals surface area (Å²) >= 11 is 6.09. The second-order valence-corrected chi connectivity index (χ2v) is 5.57. The van der Waals surface area contributed by atoms with Crippen LogP contribution < -0.4 is 10.6 Å². The van der Waals surface area contributed by atoms with Gasteiger partial charge in [-0.3, -0.25) is 4.79 Å². The maximum Gasteiger partial charge on any atom is 0.234 e. The highest BCUT2D eigenvalue weighted by atomic mass is 35.5. The molecule has 0 aromatic heterocycles. The van der Waals surface area contributed by atoms with Gasteiger partial charge in [-0.1, -0.05) is 54.1 Å². The molecule has 0 aliphatic rings. The number of carbonyl (C=O) groups excluding carboxylic acids is 1. The van der Waals surface area contributed by atoms with Crippen molar-refractivity contribution in [3.05, 3.63) is 70.7 Å². The predicted octanol–water partition coefficient (Wildman–Crippen LogP) is 3.20. The third kappa shape index (κ3) is 6.49. The second-order valence-electron chi connectivity index (χ2n) is 5.14. The highest BCUT2D eigenvalue weighted by Gasteiger charge is 2.16. The molecule has 0 saturated carbocycles. The van der Waals surface area contributed by atoms with Crippen LogP contribution in [0.3, 0.4) is 0 Å². The van der Waals surface area contributed by atoms with Crippen LogP contribution in [0, 0.1) is 0 Å². The average Bonchev–Trinajstić information content (AvgIpc) is 2.57. The topological polar surface area (TPSA) is 50.4 Å². The first-order valence-electron chi connectivity index (χ1n) is 7.50. The molecule has 0 aliphatic carbocycles. The van der Waals surface area contributed by atoms with Gasteiger partial charge in [0.25, 0.3) is 0 Å². The van der Waals surface area contributed by atoms with E-state index in [-0.39, 0.29) is 30.9 Å². The molecule has 0 bridgehead atoms. The third-order valence-corrected chi connectivity index (χ3v) is 3.62. The quantitative estimate of drug-likeness (QED) is 0.703. The molecule has 6 heteroatoms. The van der Waals surface area contributed by atoms with Crippen molar-refractivity contribution in [2.45, 2.75) is 6.04 Å². The standard InChI is InChI=1S/C18H21ClN2O2.ClH/c1-23-11-10-20-13-17(22)21-18(14-6-3-2-4-7-14)15-8-5-9-16(19)12-15;/h2-9,12,18,20H,10-11,13H2,1H3,(H,21,22);1H. The van der Waals surface area contributed by atoms with Crippen molar-refractivity contribution in [3.8, 4) is 0 Å². The number of carbonyl (C=O) groups is 1. The van der Waals surface area contributed by atoms with Crippen LogP contribution in [0.4, 0.5) is 0 Å². The number of nitrogens with one attached hydrogen (secondary N) is 2. The lowest BCUT2D eigenvalue weighted by molar-refractivity contribution is -0.120. The Labute approximate surface area is 154 Å². The fourth-order valence-corrected chi connectivity index (χ4v) is 2.48. The van der Waals surface area contributed by atoms with Gasteiger partial charge in [0.2, 0.25) is 5.91 Å². The van der Waals surface area contributed by atoms with E-state index in [4.69, 9.17) is 16.3 Å². The Morgan fingerprint density at radius 1 is 1.12 bits per heavy atom. The minimum atomic E-state index is -0.230. The van der Waals surface area contributed by atoms with E-state index in [9.17, 15) is 4.79 Å². The van der Waals surface area contributed by atoms with Gasteiger partial charge in [-0.2, -0.15) is 0 Å². The third-order valence-electron chi connectivity index (χ3n) is 3.39. The molecule has 1 amide bonds. The summed E-state index contributed by atoms with van der Waals surface area (Å²) in [5.41, 5.74) is 1.97. The van der Waals surface area contributed by atoms with E-state index in [1.54, 1.807) is 7.11 Å². The van der Waals surface area contributed by atoms with Gasteiger partial charge in [0.15, 0.2) is 0 Å². The molecule has 2 aromatic carbocycles. The lowest BCUT2D eigenvalue weighted by Crippen LogP contribution is -2.37. The van der Waals surface area contributed by atoms with Gasteiger partial charge in [-0.05, 0) is 23.3 Å². The van der Waals surface area contributed by atoms with Crippen LogP contribution >= 0.6 is 24.0 Å². The Kier molecular flexibility index (Phi) is 9.42. The minimum absolute atomic E-state index is 0. The maximum atomic E-state index is 12.2. The number of benzene rings is 2. The zero-order valence-corrected chi connectivity index (χ0v) is 15.1. The van der Waals surface area contributed by atoms with E-state index in [0.717, 1.165) is 11.1 Å². The lowest BCUT2D eigenvalue weighted by atomic mass is 9.98. The molecule has 2 aromatic rings. The van der Waals surface area contributed by atoms with Gasteiger partial charge >= 0.3 is 0 Å². The van der Waals surface area contributed by atoms with Crippen LogP contribution in [0.25, 0.3) is 0 Å². The first-order valence-corrected chi connectivity index (χ1v) is 7.88. The van der Waals surface area contributed by atoms with Gasteiger partial charge in [0.05, 0.1) is 19.2 Å². The number of ether oxygens (including phenoxy) is 1. The summed E-state index contributed by atoms with van der Waals surface area (Å²) < 4.78 is 4.95. The molecule has 0 fully saturated rings. The molecule has 130 valence electrons. The van der Waals surface area contributed by atoms with Gasteiger partial charge in [0, 0.05) is 18.7 Å². The molecule has 1 atom stereocenters. The van der Waals surface area contributed by atoms with Crippen LogP contribution in [-0.2, 0) is 9.53 Å². The molecule has 0 radical (unpaired) electrons. The number of rotatable bonds is 8. The van der Waals surface area contributed by atoms with Crippen LogP contribution in [-0.4, -0.2) is 32.7 Å². The Balaban J connectivity index is 0.00000288. The molecule has 24 heavy (non-hydrogen) atoms. The summed E-state index contributed by atoms with van der Waals surface area (Å²) in [5.74, 6) is -0.0741. The van der Waals surface area contributed by atoms with Crippen LogP contribution in [0.15, 0.2) is 54.6 Å². The summed E-state index contributed by atoms with van der Waals surface area (Å²) in [6.07, 6.45) is 0. The molecule has 0 aliphatic heterocycles. The Morgan fingerprint density at radius 3 is 2.50 bits per heavy atom. The Morgan fingerprint density at radius 2 is 1.83 bits per heavy atom. The van der Waals surface area contributed by atoms with E-state index in [1.807, 2.05) is 54.6 Å². The van der Waals surface area contributed by atoms with Gasteiger partial charge in [-0.15, -0.1) is 12.4 Å². The monoisotopic (exact) mass is 368 g/mol. The second kappa shape index (κ2) is 11.0. The zero-order valence-electron chi connectivity index (χ0n) is 13.5. The largest absolute Gasteiger partial charge is 0.383 e. The lowest BCUT2D eigenvalue weighted by Gasteiger charge is -2.20. The van der Waals surface area contributed by atoms with Crippen LogP contribution in [0.5, 0.6) is 0 Å². The van der Waals surface area contributed by atoms with Crippen molar-refractivity contribution < 1.29 is 9.53 Å². The maximum absolute atomic E-state index is 12.2. The number of hydrogen-bond donors (Lipinski definition) is 2. The van der Waals surface area contributed by atoms with Gasteiger partial charge < -0.3 is 15.4 Å². The minimum Gasteiger partial charge on any atom is -0.383 e. The van der Waals surface area contributed by atoms with Crippen molar-refractivity contribution in [2.75, 3.05) is 26.8 Å². The number of methoxy groups -OCH3 is 1. The molecule has 2 rings (SSSR count). The predicted molar refractivity (Wildman–Crippen MR) is 99.9 cm³/mol. The summed E-state index contributed by atoms with van der Waals surface area (Å²) in [7, 11) is 1.63. The molecule has 0 spiro atoms. The molecule has 0 heterocycles. The molecular weight excluding hydrogens is 347 g/mol. The molecular formula is C18H22Cl2N2O2. The highest BCUT2D eigenvalue weighted by Crippen LogP contribution is 2.24. The van der Waals surface area contributed by atoms with Crippen molar-refractivity contribution in [1.82, 2.24) is 10.6 Å². The summed E-state index contributed by atoms with van der Waals surface area (Å²) in [4.78, 5) is 12.2. The SMILES string of the molecule is COCCNCC(=O)NC(c1ccccc1)c1cccc(Cl)c1.Cl. The molecule has 1 unspecified atom stereocenters. The first-order chi connectivity index (χ1) is 11.2. The highest BCUT2D eigenvalue weighted by molar-refractivity contribution is 6.30. The number of hydrogen-bond acceptors (Lipinski definition) is 3. The van der Waals surface area contributed by atoms with E-state index in [1.165, 1.54) is 0 Å². The zero-order chi connectivity index (χ0) is 16.5. The van der Waals surface area contributed by atoms with Crippen LogP contribution in [0.2, 0.25) is 5.02 Å². The fraction of sp³-hybridized carbons (Fsp3) is 0.278. The van der Waals surface area contributed by atoms with E-state index in [2.05, 4.69) is 10.6 Å². The van der Waals surface area contributed by atoms with Crippen molar-refractivity contribution in [1.29, 1.82) is 0 Å². The van der Waals surface area contributed by atoms with Crippen molar-refractivity contribution in [3.63, 3.8) is 0 Å². The normalized spacial score (nSPS) is 11.4. The Bertz CT molecular complexity index is 623. The van der Waals surface area contributed by atoms with Gasteiger partial charge in [-0.25, -0.2) is 0 Å². The van der Waals surface area contributed by atoms with E-state index >= 15 is 0 Å². The molecule has 4 nitrogen and oxygen atoms in total. The van der Waals surface area contributed by atoms with Crippen molar-refractivity contribution >= 4 is 29.9 Å². The fourth-order valence-electron chi connectivity index (χ4n) is 2.28. The summed E-state index contributed by atoms with van der Waals surface area (Å²) in [6, 6.07) is 17.1. The van der Waals surface area contributed by atoms with E-state index < -0.39 is 0 Å². The summed E-state index contributed by atoms with van der Waals surface area (Å²) in [6.45, 7) is 1.45. The molecule has 0 saturated heterocycles. The van der Waals surface area contributed by atoms with Gasteiger partial charge in [0.1, 0.15) is 0 Å². The van der Waals surface area contributed by atoms with E-state index in [0.29, 0.717) is 18.2 Å². The van der Waals surface area contributed by atoms with Crippen molar-refractivity contribution in [2.24, 2.45) is 0 Å². The average molecular weight is 369 g/mol. The number of halogens is 2. The van der Waals surface area contributed by atoms with Crippen LogP contribution in [0.1, 0.15) is 17.2 Å².